The van der Waals surface area contributed by atoms with Crippen molar-refractivity contribution in [2.45, 2.75) is 32.7 Å². The van der Waals surface area contributed by atoms with Gasteiger partial charge in [-0.3, -0.25) is 0 Å². The van der Waals surface area contributed by atoms with Crippen LogP contribution in [-0.2, 0) is 0 Å². The van der Waals surface area contributed by atoms with Gasteiger partial charge in [0.1, 0.15) is 0 Å². The van der Waals surface area contributed by atoms with Crippen LogP contribution in [0.3, 0.4) is 0 Å². The molecular weight excluding hydrogens is 262 g/mol. The SMILES string of the molecule is CC(C)c1ccccc1NC(C)c1ccc2c(c1)OCO2. The molecule has 2 aromatic rings. The quantitative estimate of drug-likeness (QED) is 0.881. The summed E-state index contributed by atoms with van der Waals surface area (Å²) in [6.45, 7) is 6.91. The minimum Gasteiger partial charge on any atom is -0.454 e. The molecule has 1 atom stereocenters. The van der Waals surface area contributed by atoms with Crippen molar-refractivity contribution in [2.24, 2.45) is 0 Å². The molecule has 0 saturated carbocycles. The Morgan fingerprint density at radius 2 is 1.71 bits per heavy atom. The normalized spacial score (nSPS) is 14.3. The van der Waals surface area contributed by atoms with Crippen LogP contribution < -0.4 is 14.8 Å². The summed E-state index contributed by atoms with van der Waals surface area (Å²) >= 11 is 0. The Morgan fingerprint density at radius 3 is 2.52 bits per heavy atom. The molecule has 21 heavy (non-hydrogen) atoms. The van der Waals surface area contributed by atoms with Gasteiger partial charge in [-0.05, 0) is 42.2 Å². The fourth-order valence-electron chi connectivity index (χ4n) is 2.63. The lowest BCUT2D eigenvalue weighted by Crippen LogP contribution is -2.09. The fourth-order valence-corrected chi connectivity index (χ4v) is 2.63. The van der Waals surface area contributed by atoms with Crippen LogP contribution in [0.4, 0.5) is 5.69 Å². The van der Waals surface area contributed by atoms with E-state index in [0.717, 1.165) is 11.5 Å². The number of nitrogens with one attached hydrogen (secondary N) is 1. The zero-order chi connectivity index (χ0) is 14.8. The maximum absolute atomic E-state index is 5.45. The topological polar surface area (TPSA) is 30.5 Å². The molecule has 3 nitrogen and oxygen atoms in total. The first-order chi connectivity index (χ1) is 10.1. The second-order valence-corrected chi connectivity index (χ2v) is 5.72. The summed E-state index contributed by atoms with van der Waals surface area (Å²) in [5.74, 6) is 2.16. The second-order valence-electron chi connectivity index (χ2n) is 5.72. The van der Waals surface area contributed by atoms with E-state index in [0.29, 0.717) is 12.7 Å². The van der Waals surface area contributed by atoms with Crippen molar-refractivity contribution in [3.63, 3.8) is 0 Å². The lowest BCUT2D eigenvalue weighted by molar-refractivity contribution is 0.174. The van der Waals surface area contributed by atoms with E-state index in [-0.39, 0.29) is 6.04 Å². The molecule has 2 aromatic carbocycles. The summed E-state index contributed by atoms with van der Waals surface area (Å²) < 4.78 is 10.8. The van der Waals surface area contributed by atoms with Crippen molar-refractivity contribution in [3.8, 4) is 11.5 Å². The van der Waals surface area contributed by atoms with Crippen LogP contribution in [0.15, 0.2) is 42.5 Å². The Balaban J connectivity index is 1.82. The van der Waals surface area contributed by atoms with E-state index in [4.69, 9.17) is 9.47 Å². The number of rotatable bonds is 4. The summed E-state index contributed by atoms with van der Waals surface area (Å²) in [4.78, 5) is 0. The highest BCUT2D eigenvalue weighted by atomic mass is 16.7. The third-order valence-electron chi connectivity index (χ3n) is 3.85. The average molecular weight is 283 g/mol. The lowest BCUT2D eigenvalue weighted by atomic mass is 10.00. The molecule has 0 saturated heterocycles. The number of benzene rings is 2. The van der Waals surface area contributed by atoms with Crippen LogP contribution in [0.1, 0.15) is 43.9 Å². The maximum atomic E-state index is 5.45. The number of ether oxygens (including phenoxy) is 2. The molecule has 1 unspecified atom stereocenters. The maximum Gasteiger partial charge on any atom is 0.231 e. The van der Waals surface area contributed by atoms with Crippen LogP contribution in [0.2, 0.25) is 0 Å². The minimum absolute atomic E-state index is 0.208. The molecule has 3 rings (SSSR count). The van der Waals surface area contributed by atoms with E-state index < -0.39 is 0 Å². The first-order valence-corrected chi connectivity index (χ1v) is 7.40. The number of hydrogen-bond donors (Lipinski definition) is 1. The summed E-state index contributed by atoms with van der Waals surface area (Å²) in [7, 11) is 0. The molecule has 110 valence electrons. The van der Waals surface area contributed by atoms with E-state index in [2.05, 4.69) is 62.5 Å². The minimum atomic E-state index is 0.208. The van der Waals surface area contributed by atoms with E-state index in [9.17, 15) is 0 Å². The monoisotopic (exact) mass is 283 g/mol. The van der Waals surface area contributed by atoms with Gasteiger partial charge >= 0.3 is 0 Å². The Kier molecular flexibility index (Phi) is 3.74. The zero-order valence-corrected chi connectivity index (χ0v) is 12.7. The molecule has 0 fully saturated rings. The standard InChI is InChI=1S/C18H21NO2/c1-12(2)15-6-4-5-7-16(15)19-13(3)14-8-9-17-18(10-14)21-11-20-17/h4-10,12-13,19H,11H2,1-3H3. The van der Waals surface area contributed by atoms with E-state index in [1.807, 2.05) is 6.07 Å². The van der Waals surface area contributed by atoms with Gasteiger partial charge in [-0.1, -0.05) is 38.1 Å². The smallest absolute Gasteiger partial charge is 0.231 e. The van der Waals surface area contributed by atoms with Crippen molar-refractivity contribution in [3.05, 3.63) is 53.6 Å². The first kappa shape index (κ1) is 13.8. The predicted octanol–water partition coefficient (Wildman–Crippen LogP) is 4.71. The van der Waals surface area contributed by atoms with Crippen LogP contribution in [-0.4, -0.2) is 6.79 Å². The van der Waals surface area contributed by atoms with Crippen molar-refractivity contribution < 1.29 is 9.47 Å². The Hall–Kier alpha value is -2.16. The predicted molar refractivity (Wildman–Crippen MR) is 85.1 cm³/mol. The van der Waals surface area contributed by atoms with Gasteiger partial charge in [0.15, 0.2) is 11.5 Å². The zero-order valence-electron chi connectivity index (χ0n) is 12.7. The summed E-state index contributed by atoms with van der Waals surface area (Å²) in [5.41, 5.74) is 3.72. The van der Waals surface area contributed by atoms with Gasteiger partial charge in [-0.15, -0.1) is 0 Å². The molecule has 3 heteroatoms. The van der Waals surface area contributed by atoms with Crippen molar-refractivity contribution in [1.82, 2.24) is 0 Å². The van der Waals surface area contributed by atoms with Gasteiger partial charge in [0.25, 0.3) is 0 Å². The summed E-state index contributed by atoms with van der Waals surface area (Å²) in [6, 6.07) is 14.8. The Morgan fingerprint density at radius 1 is 0.952 bits per heavy atom. The highest BCUT2D eigenvalue weighted by molar-refractivity contribution is 5.55. The van der Waals surface area contributed by atoms with Gasteiger partial charge in [0, 0.05) is 11.7 Å². The first-order valence-electron chi connectivity index (χ1n) is 7.40. The van der Waals surface area contributed by atoms with Crippen molar-refractivity contribution in [2.75, 3.05) is 12.1 Å². The lowest BCUT2D eigenvalue weighted by Gasteiger charge is -2.20. The molecule has 1 aliphatic heterocycles. The number of fused-ring (bicyclic) bond motifs is 1. The highest BCUT2D eigenvalue weighted by Gasteiger charge is 2.16. The Bertz CT molecular complexity index is 637. The van der Waals surface area contributed by atoms with E-state index in [1.165, 1.54) is 16.8 Å². The summed E-state index contributed by atoms with van der Waals surface area (Å²) in [5, 5.41) is 3.60. The third kappa shape index (κ3) is 2.82. The molecule has 1 aliphatic rings. The van der Waals surface area contributed by atoms with E-state index >= 15 is 0 Å². The van der Waals surface area contributed by atoms with Crippen molar-refractivity contribution in [1.29, 1.82) is 0 Å². The van der Waals surface area contributed by atoms with Crippen molar-refractivity contribution >= 4 is 5.69 Å². The largest absolute Gasteiger partial charge is 0.454 e. The second kappa shape index (κ2) is 5.68. The molecule has 0 aliphatic carbocycles. The molecule has 0 radical (unpaired) electrons. The van der Waals surface area contributed by atoms with E-state index in [1.54, 1.807) is 0 Å². The van der Waals surface area contributed by atoms with Crippen LogP contribution in [0.5, 0.6) is 11.5 Å². The Labute approximate surface area is 125 Å². The van der Waals surface area contributed by atoms with Crippen LogP contribution >= 0.6 is 0 Å². The van der Waals surface area contributed by atoms with Crippen LogP contribution in [0, 0.1) is 0 Å². The molecule has 0 amide bonds. The fraction of sp³-hybridized carbons (Fsp3) is 0.333. The molecule has 0 aromatic heterocycles. The van der Waals surface area contributed by atoms with Gasteiger partial charge in [-0.2, -0.15) is 0 Å². The number of anilines is 1. The van der Waals surface area contributed by atoms with Gasteiger partial charge in [0.05, 0.1) is 0 Å². The van der Waals surface area contributed by atoms with Gasteiger partial charge in [0.2, 0.25) is 6.79 Å². The molecular formula is C18H21NO2. The molecule has 0 bridgehead atoms. The highest BCUT2D eigenvalue weighted by Crippen LogP contribution is 2.35. The number of hydrogen-bond acceptors (Lipinski definition) is 3. The molecule has 0 spiro atoms. The average Bonchev–Trinajstić information content (AvgIpc) is 2.94. The van der Waals surface area contributed by atoms with Gasteiger partial charge < -0.3 is 14.8 Å². The van der Waals surface area contributed by atoms with Crippen LogP contribution in [0.25, 0.3) is 0 Å². The third-order valence-corrected chi connectivity index (χ3v) is 3.85. The molecule has 1 N–H and O–H groups in total. The number of para-hydroxylation sites is 1. The molecule has 1 heterocycles. The summed E-state index contributed by atoms with van der Waals surface area (Å²) in [6.07, 6.45) is 0. The van der Waals surface area contributed by atoms with Gasteiger partial charge in [-0.25, -0.2) is 0 Å².